The average molecular weight is 442 g/mol. The van der Waals surface area contributed by atoms with Crippen molar-refractivity contribution in [3.8, 4) is 0 Å². The SMILES string of the molecule is CCN(CC)Cc1nc2sc(C)c(C)c2c(=O)n1Cc1cccc(C(=O)OC(C)C)c1. The van der Waals surface area contributed by atoms with Crippen LogP contribution < -0.4 is 5.56 Å². The Labute approximate surface area is 187 Å². The number of nitrogens with zero attached hydrogens (tertiary/aromatic N) is 3. The molecule has 3 aromatic rings. The Balaban J connectivity index is 2.08. The van der Waals surface area contributed by atoms with Crippen molar-refractivity contribution in [2.24, 2.45) is 0 Å². The van der Waals surface area contributed by atoms with Crippen molar-refractivity contribution in [1.29, 1.82) is 0 Å². The van der Waals surface area contributed by atoms with E-state index in [1.54, 1.807) is 28.0 Å². The van der Waals surface area contributed by atoms with E-state index in [-0.39, 0.29) is 17.6 Å². The zero-order chi connectivity index (χ0) is 22.7. The van der Waals surface area contributed by atoms with E-state index in [2.05, 4.69) is 18.7 Å². The molecule has 7 heteroatoms. The van der Waals surface area contributed by atoms with Gasteiger partial charge in [-0.15, -0.1) is 11.3 Å². The van der Waals surface area contributed by atoms with Crippen LogP contribution in [0.5, 0.6) is 0 Å². The van der Waals surface area contributed by atoms with Gasteiger partial charge in [0.15, 0.2) is 0 Å². The lowest BCUT2D eigenvalue weighted by atomic mass is 10.1. The predicted octanol–water partition coefficient (Wildman–Crippen LogP) is 4.53. The van der Waals surface area contributed by atoms with E-state index < -0.39 is 0 Å². The number of hydrogen-bond donors (Lipinski definition) is 0. The number of benzene rings is 1. The number of hydrogen-bond acceptors (Lipinski definition) is 6. The summed E-state index contributed by atoms with van der Waals surface area (Å²) in [4.78, 5) is 34.9. The first kappa shape index (κ1) is 23.2. The molecule has 1 aromatic carbocycles. The Morgan fingerprint density at radius 2 is 1.94 bits per heavy atom. The molecule has 0 aliphatic rings. The summed E-state index contributed by atoms with van der Waals surface area (Å²) in [6.07, 6.45) is -0.184. The second kappa shape index (κ2) is 9.75. The molecule has 0 saturated heterocycles. The Kier molecular flexibility index (Phi) is 7.28. The molecular formula is C24H31N3O3S. The number of carbonyl (C=O) groups is 1. The first-order valence-corrected chi connectivity index (χ1v) is 11.6. The van der Waals surface area contributed by atoms with Gasteiger partial charge in [0, 0.05) is 4.88 Å². The fourth-order valence-corrected chi connectivity index (χ4v) is 4.60. The van der Waals surface area contributed by atoms with Gasteiger partial charge >= 0.3 is 5.97 Å². The molecule has 0 spiro atoms. The molecule has 6 nitrogen and oxygen atoms in total. The standard InChI is InChI=1S/C24H31N3O3S/c1-7-26(8-2)14-20-25-22-21(16(5)17(6)31-22)23(28)27(20)13-18-10-9-11-19(12-18)24(29)30-15(3)4/h9-12,15H,7-8,13-14H2,1-6H3. The van der Waals surface area contributed by atoms with Crippen LogP contribution in [0.1, 0.15) is 59.9 Å². The Bertz CT molecular complexity index is 1140. The number of aromatic nitrogens is 2. The van der Waals surface area contributed by atoms with Gasteiger partial charge < -0.3 is 4.74 Å². The number of carbonyl (C=O) groups excluding carboxylic acids is 1. The van der Waals surface area contributed by atoms with Crippen molar-refractivity contribution in [1.82, 2.24) is 14.5 Å². The highest BCUT2D eigenvalue weighted by Crippen LogP contribution is 2.26. The van der Waals surface area contributed by atoms with E-state index in [9.17, 15) is 9.59 Å². The summed E-state index contributed by atoms with van der Waals surface area (Å²) in [5.74, 6) is 0.392. The largest absolute Gasteiger partial charge is 0.459 e. The molecule has 166 valence electrons. The van der Waals surface area contributed by atoms with Crippen LogP contribution in [-0.4, -0.2) is 39.6 Å². The van der Waals surface area contributed by atoms with Crippen molar-refractivity contribution in [3.63, 3.8) is 0 Å². The van der Waals surface area contributed by atoms with Crippen molar-refractivity contribution in [3.05, 3.63) is 62.0 Å². The molecule has 0 N–H and O–H groups in total. The molecule has 0 amide bonds. The van der Waals surface area contributed by atoms with Crippen LogP contribution in [0.15, 0.2) is 29.1 Å². The molecule has 3 rings (SSSR count). The van der Waals surface area contributed by atoms with Crippen molar-refractivity contribution in [2.45, 2.75) is 60.7 Å². The lowest BCUT2D eigenvalue weighted by molar-refractivity contribution is 0.0377. The summed E-state index contributed by atoms with van der Waals surface area (Å²) in [6, 6.07) is 7.29. The predicted molar refractivity (Wildman–Crippen MR) is 126 cm³/mol. The fourth-order valence-electron chi connectivity index (χ4n) is 3.56. The highest BCUT2D eigenvalue weighted by Gasteiger charge is 2.18. The average Bonchev–Trinajstić information content (AvgIpc) is 3.02. The van der Waals surface area contributed by atoms with Crippen LogP contribution in [0, 0.1) is 13.8 Å². The van der Waals surface area contributed by atoms with Gasteiger partial charge in [0.2, 0.25) is 0 Å². The molecule has 31 heavy (non-hydrogen) atoms. The van der Waals surface area contributed by atoms with E-state index in [0.29, 0.717) is 24.0 Å². The van der Waals surface area contributed by atoms with Gasteiger partial charge in [-0.1, -0.05) is 26.0 Å². The maximum Gasteiger partial charge on any atom is 0.338 e. The summed E-state index contributed by atoms with van der Waals surface area (Å²) in [5.41, 5.74) is 2.33. The minimum absolute atomic E-state index is 0.0239. The maximum atomic E-state index is 13.5. The maximum absolute atomic E-state index is 13.5. The van der Waals surface area contributed by atoms with E-state index in [4.69, 9.17) is 9.72 Å². The second-order valence-electron chi connectivity index (χ2n) is 8.00. The molecule has 0 aliphatic carbocycles. The summed E-state index contributed by atoms with van der Waals surface area (Å²) in [7, 11) is 0. The first-order valence-electron chi connectivity index (χ1n) is 10.8. The molecule has 0 saturated carbocycles. The van der Waals surface area contributed by atoms with Crippen LogP contribution >= 0.6 is 11.3 Å². The number of fused-ring (bicyclic) bond motifs is 1. The quantitative estimate of drug-likeness (QED) is 0.481. The zero-order valence-electron chi connectivity index (χ0n) is 19.2. The Morgan fingerprint density at radius 3 is 2.58 bits per heavy atom. The fraction of sp³-hybridized carbons (Fsp3) is 0.458. The van der Waals surface area contributed by atoms with Gasteiger partial charge in [-0.3, -0.25) is 14.3 Å². The summed E-state index contributed by atoms with van der Waals surface area (Å²) in [6.45, 7) is 14.6. The molecule has 0 unspecified atom stereocenters. The highest BCUT2D eigenvalue weighted by molar-refractivity contribution is 7.18. The lowest BCUT2D eigenvalue weighted by Crippen LogP contribution is -2.31. The minimum atomic E-state index is -0.356. The van der Waals surface area contributed by atoms with E-state index in [1.807, 2.05) is 39.8 Å². The van der Waals surface area contributed by atoms with Gasteiger partial charge in [-0.25, -0.2) is 9.78 Å². The van der Waals surface area contributed by atoms with Gasteiger partial charge in [0.05, 0.1) is 30.1 Å². The van der Waals surface area contributed by atoms with E-state index in [0.717, 1.165) is 39.7 Å². The number of ether oxygens (including phenoxy) is 1. The Morgan fingerprint density at radius 1 is 1.23 bits per heavy atom. The van der Waals surface area contributed by atoms with Gasteiger partial charge in [-0.2, -0.15) is 0 Å². The van der Waals surface area contributed by atoms with Crippen LogP contribution in [0.3, 0.4) is 0 Å². The van der Waals surface area contributed by atoms with Gasteiger partial charge in [0.1, 0.15) is 10.7 Å². The van der Waals surface area contributed by atoms with Crippen LogP contribution in [0.2, 0.25) is 0 Å². The number of esters is 1. The van der Waals surface area contributed by atoms with Gasteiger partial charge in [0.25, 0.3) is 5.56 Å². The third-order valence-electron chi connectivity index (χ3n) is 5.47. The molecule has 0 atom stereocenters. The molecule has 2 aromatic heterocycles. The summed E-state index contributed by atoms with van der Waals surface area (Å²) < 4.78 is 7.08. The van der Waals surface area contributed by atoms with E-state index in [1.165, 1.54) is 0 Å². The second-order valence-corrected chi connectivity index (χ2v) is 9.20. The normalized spacial score (nSPS) is 11.6. The van der Waals surface area contributed by atoms with Crippen molar-refractivity contribution < 1.29 is 9.53 Å². The zero-order valence-corrected chi connectivity index (χ0v) is 20.0. The molecule has 0 radical (unpaired) electrons. The summed E-state index contributed by atoms with van der Waals surface area (Å²) in [5, 5.41) is 0.696. The topological polar surface area (TPSA) is 64.4 Å². The number of aryl methyl sites for hydroxylation is 2. The number of thiophene rings is 1. The third-order valence-corrected chi connectivity index (χ3v) is 6.57. The van der Waals surface area contributed by atoms with Crippen LogP contribution in [-0.2, 0) is 17.8 Å². The number of rotatable bonds is 8. The molecular weight excluding hydrogens is 410 g/mol. The van der Waals surface area contributed by atoms with Crippen LogP contribution in [0.4, 0.5) is 0 Å². The Hall–Kier alpha value is -2.51. The van der Waals surface area contributed by atoms with Gasteiger partial charge in [-0.05, 0) is 64.0 Å². The highest BCUT2D eigenvalue weighted by atomic mass is 32.1. The first-order chi connectivity index (χ1) is 14.7. The van der Waals surface area contributed by atoms with Crippen LogP contribution in [0.25, 0.3) is 10.2 Å². The third kappa shape index (κ3) is 5.05. The monoisotopic (exact) mass is 441 g/mol. The molecule has 0 fully saturated rings. The van der Waals surface area contributed by atoms with Crippen molar-refractivity contribution >= 4 is 27.5 Å². The molecule has 0 bridgehead atoms. The smallest absolute Gasteiger partial charge is 0.338 e. The van der Waals surface area contributed by atoms with Crippen molar-refractivity contribution in [2.75, 3.05) is 13.1 Å². The van der Waals surface area contributed by atoms with E-state index >= 15 is 0 Å². The molecule has 2 heterocycles. The summed E-state index contributed by atoms with van der Waals surface area (Å²) >= 11 is 1.57. The minimum Gasteiger partial charge on any atom is -0.459 e. The lowest BCUT2D eigenvalue weighted by Gasteiger charge is -2.20. The molecule has 0 aliphatic heterocycles.